The van der Waals surface area contributed by atoms with E-state index >= 15 is 0 Å². The van der Waals surface area contributed by atoms with E-state index < -0.39 is 0 Å². The number of hydrogen-bond donors (Lipinski definition) is 1. The molecule has 1 aliphatic rings. The van der Waals surface area contributed by atoms with Gasteiger partial charge < -0.3 is 0 Å². The summed E-state index contributed by atoms with van der Waals surface area (Å²) in [6, 6.07) is 0.562. The van der Waals surface area contributed by atoms with Crippen molar-refractivity contribution in [1.82, 2.24) is 5.32 Å². The first kappa shape index (κ1) is 11.0. The van der Waals surface area contributed by atoms with Crippen LogP contribution in [0.2, 0.25) is 0 Å². The summed E-state index contributed by atoms with van der Waals surface area (Å²) < 4.78 is 0. The van der Waals surface area contributed by atoms with Gasteiger partial charge in [-0.2, -0.15) is 0 Å². The average Bonchev–Trinajstić information content (AvgIpc) is 2.58. The molecule has 1 saturated heterocycles. The fourth-order valence-corrected chi connectivity index (χ4v) is 1.60. The van der Waals surface area contributed by atoms with Crippen molar-refractivity contribution < 1.29 is 9.78 Å². The predicted molar refractivity (Wildman–Crippen MR) is 51.6 cm³/mol. The molecule has 0 spiro atoms. The highest BCUT2D eigenvalue weighted by Gasteiger charge is 2.21. The molecule has 0 amide bonds. The largest absolute Gasteiger partial charge is 0.280 e. The highest BCUT2D eigenvalue weighted by molar-refractivity contribution is 4.81. The van der Waals surface area contributed by atoms with Crippen molar-refractivity contribution in [2.75, 3.05) is 6.61 Å². The Kier molecular flexibility index (Phi) is 5.35. The molecule has 1 heterocycles. The predicted octanol–water partition coefficient (Wildman–Crippen LogP) is 2.39. The van der Waals surface area contributed by atoms with Crippen LogP contribution in [0.1, 0.15) is 46.0 Å². The molecule has 0 aromatic heterocycles. The minimum atomic E-state index is 0.562. The van der Waals surface area contributed by atoms with E-state index in [2.05, 4.69) is 19.2 Å². The van der Waals surface area contributed by atoms with Crippen LogP contribution in [0.15, 0.2) is 0 Å². The molecular formula is C10H20NO2. The van der Waals surface area contributed by atoms with Gasteiger partial charge in [0.15, 0.2) is 0 Å². The summed E-state index contributed by atoms with van der Waals surface area (Å²) in [5, 5.41) is 3.39. The molecule has 0 bridgehead atoms. The van der Waals surface area contributed by atoms with E-state index in [9.17, 15) is 0 Å². The van der Waals surface area contributed by atoms with Crippen LogP contribution in [-0.4, -0.2) is 12.6 Å². The molecule has 1 radical (unpaired) electrons. The maximum atomic E-state index is 4.98. The monoisotopic (exact) mass is 186 g/mol. The third kappa shape index (κ3) is 4.07. The van der Waals surface area contributed by atoms with Gasteiger partial charge in [0.1, 0.15) is 0 Å². The SMILES string of the molecule is CCCC(CCC)N[C]1CCOO1. The van der Waals surface area contributed by atoms with Crippen LogP contribution in [0.25, 0.3) is 0 Å². The lowest BCUT2D eigenvalue weighted by Crippen LogP contribution is -2.32. The van der Waals surface area contributed by atoms with Gasteiger partial charge in [-0.05, 0) is 12.8 Å². The second-order valence-electron chi connectivity index (χ2n) is 3.50. The lowest BCUT2D eigenvalue weighted by molar-refractivity contribution is -0.249. The summed E-state index contributed by atoms with van der Waals surface area (Å²) in [4.78, 5) is 9.80. The van der Waals surface area contributed by atoms with Crippen molar-refractivity contribution in [1.29, 1.82) is 0 Å². The van der Waals surface area contributed by atoms with Crippen LogP contribution in [-0.2, 0) is 9.78 Å². The molecule has 3 nitrogen and oxygen atoms in total. The summed E-state index contributed by atoms with van der Waals surface area (Å²) in [7, 11) is 0. The Bertz CT molecular complexity index is 118. The van der Waals surface area contributed by atoms with Gasteiger partial charge in [-0.25, -0.2) is 9.78 Å². The van der Waals surface area contributed by atoms with Crippen LogP contribution < -0.4 is 5.32 Å². The molecule has 1 rings (SSSR count). The third-order valence-corrected chi connectivity index (χ3v) is 2.21. The molecule has 1 aliphatic heterocycles. The van der Waals surface area contributed by atoms with Crippen LogP contribution in [0.3, 0.4) is 0 Å². The van der Waals surface area contributed by atoms with E-state index in [1.54, 1.807) is 0 Å². The van der Waals surface area contributed by atoms with Crippen molar-refractivity contribution in [2.45, 2.75) is 52.0 Å². The molecule has 0 unspecified atom stereocenters. The average molecular weight is 186 g/mol. The topological polar surface area (TPSA) is 30.5 Å². The zero-order chi connectivity index (χ0) is 9.52. The van der Waals surface area contributed by atoms with Gasteiger partial charge in [0.2, 0.25) is 6.23 Å². The Hall–Kier alpha value is -0.120. The molecule has 77 valence electrons. The van der Waals surface area contributed by atoms with Gasteiger partial charge in [-0.15, -0.1) is 0 Å². The van der Waals surface area contributed by atoms with Crippen LogP contribution in [0, 0.1) is 6.23 Å². The number of hydrogen-bond acceptors (Lipinski definition) is 3. The summed E-state index contributed by atoms with van der Waals surface area (Å²) >= 11 is 0. The number of rotatable bonds is 6. The molecule has 0 aliphatic carbocycles. The summed E-state index contributed by atoms with van der Waals surface area (Å²) in [5.74, 6) is 0. The van der Waals surface area contributed by atoms with E-state index in [-0.39, 0.29) is 0 Å². The van der Waals surface area contributed by atoms with Gasteiger partial charge in [-0.3, -0.25) is 5.32 Å². The molecule has 0 aromatic rings. The minimum absolute atomic E-state index is 0.562. The molecule has 0 atom stereocenters. The zero-order valence-corrected chi connectivity index (χ0v) is 8.64. The van der Waals surface area contributed by atoms with E-state index in [1.807, 2.05) is 0 Å². The highest BCUT2D eigenvalue weighted by Crippen LogP contribution is 2.16. The van der Waals surface area contributed by atoms with Gasteiger partial charge in [0.25, 0.3) is 0 Å². The van der Waals surface area contributed by atoms with Crippen molar-refractivity contribution in [3.63, 3.8) is 0 Å². The van der Waals surface area contributed by atoms with Crippen molar-refractivity contribution in [3.8, 4) is 0 Å². The minimum Gasteiger partial charge on any atom is -0.280 e. The second-order valence-corrected chi connectivity index (χ2v) is 3.50. The Morgan fingerprint density at radius 2 is 2.00 bits per heavy atom. The Morgan fingerprint density at radius 3 is 2.46 bits per heavy atom. The van der Waals surface area contributed by atoms with Gasteiger partial charge in [0.05, 0.1) is 6.61 Å². The maximum absolute atomic E-state index is 4.98. The van der Waals surface area contributed by atoms with Crippen molar-refractivity contribution >= 4 is 0 Å². The van der Waals surface area contributed by atoms with E-state index in [1.165, 1.54) is 25.7 Å². The third-order valence-electron chi connectivity index (χ3n) is 2.21. The lowest BCUT2D eigenvalue weighted by Gasteiger charge is -2.19. The van der Waals surface area contributed by atoms with Crippen LogP contribution in [0.4, 0.5) is 0 Å². The molecule has 0 aromatic carbocycles. The first-order valence-corrected chi connectivity index (χ1v) is 5.28. The first-order valence-electron chi connectivity index (χ1n) is 5.28. The summed E-state index contributed by atoms with van der Waals surface area (Å²) in [6.07, 6.45) is 6.65. The first-order chi connectivity index (χ1) is 6.36. The Labute approximate surface area is 80.7 Å². The fourth-order valence-electron chi connectivity index (χ4n) is 1.60. The molecule has 1 N–H and O–H groups in total. The van der Waals surface area contributed by atoms with E-state index in [0.29, 0.717) is 12.6 Å². The molecule has 3 heteroatoms. The van der Waals surface area contributed by atoms with Crippen LogP contribution in [0.5, 0.6) is 0 Å². The van der Waals surface area contributed by atoms with Gasteiger partial charge in [-0.1, -0.05) is 26.7 Å². The van der Waals surface area contributed by atoms with Gasteiger partial charge >= 0.3 is 0 Å². The molecule has 0 saturated carbocycles. The Morgan fingerprint density at radius 1 is 1.31 bits per heavy atom. The standard InChI is InChI=1S/C10H20NO2/c1-3-5-9(6-4-2)11-10-7-8-12-13-10/h9,11H,3-8H2,1-2H3. The highest BCUT2D eigenvalue weighted by atomic mass is 17.2. The summed E-state index contributed by atoms with van der Waals surface area (Å²) in [6.45, 7) is 5.11. The Balaban J connectivity index is 2.19. The van der Waals surface area contributed by atoms with Crippen molar-refractivity contribution in [2.24, 2.45) is 0 Å². The zero-order valence-electron chi connectivity index (χ0n) is 8.64. The lowest BCUT2D eigenvalue weighted by atomic mass is 10.1. The number of nitrogens with one attached hydrogen (secondary N) is 1. The molecule has 13 heavy (non-hydrogen) atoms. The van der Waals surface area contributed by atoms with E-state index in [4.69, 9.17) is 9.78 Å². The quantitative estimate of drug-likeness (QED) is 0.646. The van der Waals surface area contributed by atoms with Crippen LogP contribution >= 0.6 is 0 Å². The smallest absolute Gasteiger partial charge is 0.202 e. The fraction of sp³-hybridized carbons (Fsp3) is 0.900. The van der Waals surface area contributed by atoms with E-state index in [0.717, 1.165) is 12.6 Å². The molecule has 1 fully saturated rings. The second kappa shape index (κ2) is 6.35. The maximum Gasteiger partial charge on any atom is 0.202 e. The van der Waals surface area contributed by atoms with Crippen molar-refractivity contribution in [3.05, 3.63) is 6.23 Å². The summed E-state index contributed by atoms with van der Waals surface area (Å²) in [5.41, 5.74) is 0. The molecular weight excluding hydrogens is 166 g/mol. The van der Waals surface area contributed by atoms with Gasteiger partial charge in [0, 0.05) is 12.5 Å². The normalized spacial score (nSPS) is 18.7.